The molecule has 0 radical (unpaired) electrons. The number of nitriles is 1. The highest BCUT2D eigenvalue weighted by Gasteiger charge is 2.39. The molecule has 0 aliphatic carbocycles. The smallest absolute Gasteiger partial charge is 0.249 e. The van der Waals surface area contributed by atoms with Crippen LogP contribution in [0.25, 0.3) is 0 Å². The zero-order valence-electron chi connectivity index (χ0n) is 11.2. The summed E-state index contributed by atoms with van der Waals surface area (Å²) in [7, 11) is 0. The molecule has 0 unspecified atom stereocenters. The molecule has 1 saturated heterocycles. The minimum atomic E-state index is -0.864. The Bertz CT molecular complexity index is 619. The summed E-state index contributed by atoms with van der Waals surface area (Å²) in [5.41, 5.74) is -0.808. The van der Waals surface area contributed by atoms with Gasteiger partial charge >= 0.3 is 0 Å². The molecule has 104 valence electrons. The Balaban J connectivity index is 2.32. The van der Waals surface area contributed by atoms with Gasteiger partial charge in [0.05, 0.1) is 24.2 Å². The van der Waals surface area contributed by atoms with Crippen molar-refractivity contribution in [1.29, 1.82) is 5.26 Å². The highest BCUT2D eigenvalue weighted by atomic mass is 19.1. The number of amides is 2. The Labute approximate surface area is 116 Å². The van der Waals surface area contributed by atoms with E-state index in [0.717, 1.165) is 4.90 Å². The Morgan fingerprint density at radius 1 is 1.45 bits per heavy atom. The van der Waals surface area contributed by atoms with E-state index >= 15 is 0 Å². The van der Waals surface area contributed by atoms with Crippen LogP contribution in [0, 0.1) is 17.1 Å². The van der Waals surface area contributed by atoms with Crippen LogP contribution in [0.5, 0.6) is 0 Å². The molecule has 1 N–H and O–H groups in total. The standard InChI is InChI=1S/C14H14FN3O2/c1-14(2)13(20)18(11(19)7-17-14)8-10-5-3-4-9(6-16)12(10)15/h3-5,17H,7-8H2,1-2H3. The van der Waals surface area contributed by atoms with E-state index < -0.39 is 23.2 Å². The van der Waals surface area contributed by atoms with Crippen LogP contribution in [0.3, 0.4) is 0 Å². The van der Waals surface area contributed by atoms with E-state index in [9.17, 15) is 14.0 Å². The van der Waals surface area contributed by atoms with Gasteiger partial charge in [0.2, 0.25) is 11.8 Å². The number of nitrogens with one attached hydrogen (secondary N) is 1. The summed E-state index contributed by atoms with van der Waals surface area (Å²) >= 11 is 0. The van der Waals surface area contributed by atoms with Crippen molar-refractivity contribution >= 4 is 11.8 Å². The monoisotopic (exact) mass is 275 g/mol. The van der Waals surface area contributed by atoms with Gasteiger partial charge in [0, 0.05) is 5.56 Å². The molecule has 20 heavy (non-hydrogen) atoms. The van der Waals surface area contributed by atoms with E-state index in [1.165, 1.54) is 18.2 Å². The van der Waals surface area contributed by atoms with E-state index in [2.05, 4.69) is 5.32 Å². The van der Waals surface area contributed by atoms with Crippen LogP contribution in [0.2, 0.25) is 0 Å². The highest BCUT2D eigenvalue weighted by molar-refractivity contribution is 6.02. The summed E-state index contributed by atoms with van der Waals surface area (Å²) < 4.78 is 14.0. The van der Waals surface area contributed by atoms with Crippen LogP contribution in [-0.4, -0.2) is 28.8 Å². The predicted molar refractivity (Wildman–Crippen MR) is 68.8 cm³/mol. The van der Waals surface area contributed by atoms with Crippen molar-refractivity contribution in [3.05, 3.63) is 35.1 Å². The Kier molecular flexibility index (Phi) is 3.55. The normalized spacial score (nSPS) is 18.0. The van der Waals surface area contributed by atoms with Crippen molar-refractivity contribution in [2.75, 3.05) is 6.54 Å². The van der Waals surface area contributed by atoms with Crippen LogP contribution in [0.4, 0.5) is 4.39 Å². The first-order valence-corrected chi connectivity index (χ1v) is 6.14. The van der Waals surface area contributed by atoms with E-state index in [0.29, 0.717) is 0 Å². The maximum Gasteiger partial charge on any atom is 0.249 e. The summed E-state index contributed by atoms with van der Waals surface area (Å²) in [6.07, 6.45) is 0. The van der Waals surface area contributed by atoms with Gasteiger partial charge in [-0.1, -0.05) is 12.1 Å². The maximum absolute atomic E-state index is 14.0. The maximum atomic E-state index is 14.0. The number of benzene rings is 1. The van der Waals surface area contributed by atoms with E-state index in [1.807, 2.05) is 0 Å². The lowest BCUT2D eigenvalue weighted by molar-refractivity contribution is -0.153. The number of piperazine rings is 1. The summed E-state index contributed by atoms with van der Waals surface area (Å²) in [4.78, 5) is 25.0. The van der Waals surface area contributed by atoms with Gasteiger partial charge in [-0.2, -0.15) is 5.26 Å². The molecule has 1 aromatic carbocycles. The van der Waals surface area contributed by atoms with Crippen LogP contribution in [-0.2, 0) is 16.1 Å². The second kappa shape index (κ2) is 5.02. The third kappa shape index (κ3) is 2.40. The number of carbonyl (C=O) groups excluding carboxylic acids is 2. The molecule has 1 fully saturated rings. The van der Waals surface area contributed by atoms with Gasteiger partial charge in [-0.15, -0.1) is 0 Å². The van der Waals surface area contributed by atoms with Gasteiger partial charge in [0.1, 0.15) is 11.9 Å². The SMILES string of the molecule is CC1(C)NCC(=O)N(Cc2cccc(C#N)c2F)C1=O. The van der Waals surface area contributed by atoms with E-state index in [-0.39, 0.29) is 24.2 Å². The largest absolute Gasteiger partial charge is 0.295 e. The van der Waals surface area contributed by atoms with Crippen LogP contribution >= 0.6 is 0 Å². The van der Waals surface area contributed by atoms with Crippen molar-refractivity contribution in [1.82, 2.24) is 10.2 Å². The molecule has 5 nitrogen and oxygen atoms in total. The molecule has 1 aromatic rings. The van der Waals surface area contributed by atoms with Gasteiger partial charge in [-0.3, -0.25) is 19.8 Å². The number of rotatable bonds is 2. The summed E-state index contributed by atoms with van der Waals surface area (Å²) in [6.45, 7) is 3.19. The molecular formula is C14H14FN3O2. The lowest BCUT2D eigenvalue weighted by Crippen LogP contribution is -2.63. The van der Waals surface area contributed by atoms with Gasteiger partial charge in [-0.25, -0.2) is 4.39 Å². The first-order valence-electron chi connectivity index (χ1n) is 6.14. The van der Waals surface area contributed by atoms with Crippen molar-refractivity contribution < 1.29 is 14.0 Å². The minimum absolute atomic E-state index is 0.0261. The molecule has 1 heterocycles. The second-order valence-corrected chi connectivity index (χ2v) is 5.15. The molecule has 6 heteroatoms. The quantitative estimate of drug-likeness (QED) is 0.815. The first-order chi connectivity index (χ1) is 9.36. The Hall–Kier alpha value is -2.26. The molecule has 2 amide bonds. The predicted octanol–water partition coefficient (Wildman–Crippen LogP) is 0.934. The fourth-order valence-electron chi connectivity index (χ4n) is 2.04. The van der Waals surface area contributed by atoms with E-state index in [1.54, 1.807) is 19.9 Å². The van der Waals surface area contributed by atoms with E-state index in [4.69, 9.17) is 5.26 Å². The van der Waals surface area contributed by atoms with Gasteiger partial charge in [0.25, 0.3) is 0 Å². The average molecular weight is 275 g/mol. The summed E-state index contributed by atoms with van der Waals surface area (Å²) in [5, 5.41) is 11.6. The Morgan fingerprint density at radius 2 is 2.15 bits per heavy atom. The second-order valence-electron chi connectivity index (χ2n) is 5.15. The van der Waals surface area contributed by atoms with Gasteiger partial charge in [-0.05, 0) is 19.9 Å². The van der Waals surface area contributed by atoms with Crippen molar-refractivity contribution in [3.8, 4) is 6.07 Å². The molecule has 0 aromatic heterocycles. The fourth-order valence-corrected chi connectivity index (χ4v) is 2.04. The summed E-state index contributed by atoms with van der Waals surface area (Å²) in [5.74, 6) is -1.50. The summed E-state index contributed by atoms with van der Waals surface area (Å²) in [6, 6.07) is 6.08. The molecular weight excluding hydrogens is 261 g/mol. The molecule has 2 rings (SSSR count). The molecule has 1 aliphatic rings. The third-order valence-corrected chi connectivity index (χ3v) is 3.29. The molecule has 1 aliphatic heterocycles. The molecule has 0 atom stereocenters. The molecule has 0 spiro atoms. The zero-order valence-corrected chi connectivity index (χ0v) is 11.2. The minimum Gasteiger partial charge on any atom is -0.295 e. The van der Waals surface area contributed by atoms with Crippen molar-refractivity contribution in [3.63, 3.8) is 0 Å². The average Bonchev–Trinajstić information content (AvgIpc) is 2.41. The van der Waals surface area contributed by atoms with Gasteiger partial charge < -0.3 is 0 Å². The number of hydrogen-bond acceptors (Lipinski definition) is 4. The fraction of sp³-hybridized carbons (Fsp3) is 0.357. The van der Waals surface area contributed by atoms with Gasteiger partial charge in [0.15, 0.2) is 0 Å². The van der Waals surface area contributed by atoms with Crippen LogP contribution < -0.4 is 5.32 Å². The molecule has 0 bridgehead atoms. The van der Waals surface area contributed by atoms with Crippen molar-refractivity contribution in [2.24, 2.45) is 0 Å². The number of hydrogen-bond donors (Lipinski definition) is 1. The number of nitrogens with zero attached hydrogens (tertiary/aromatic N) is 2. The lowest BCUT2D eigenvalue weighted by atomic mass is 9.99. The lowest BCUT2D eigenvalue weighted by Gasteiger charge is -2.36. The zero-order chi connectivity index (χ0) is 14.9. The highest BCUT2D eigenvalue weighted by Crippen LogP contribution is 2.19. The third-order valence-electron chi connectivity index (χ3n) is 3.29. The molecule has 0 saturated carbocycles. The number of carbonyl (C=O) groups is 2. The number of imide groups is 1. The van der Waals surface area contributed by atoms with Crippen LogP contribution in [0.15, 0.2) is 18.2 Å². The van der Waals surface area contributed by atoms with Crippen molar-refractivity contribution in [2.45, 2.75) is 25.9 Å². The van der Waals surface area contributed by atoms with Crippen LogP contribution in [0.1, 0.15) is 25.0 Å². The topological polar surface area (TPSA) is 73.2 Å². The number of halogens is 1. The first kappa shape index (κ1) is 14.2. The Morgan fingerprint density at radius 3 is 2.80 bits per heavy atom.